The number of rotatable bonds is 2. The fourth-order valence-corrected chi connectivity index (χ4v) is 8.26. The van der Waals surface area contributed by atoms with Crippen LogP contribution in [0.3, 0.4) is 0 Å². The number of allylic oxidation sites excluding steroid dienone is 1. The number of hydrogen-bond acceptors (Lipinski definition) is 1. The summed E-state index contributed by atoms with van der Waals surface area (Å²) in [4.78, 5) is 2.82. The highest BCUT2D eigenvalue weighted by atomic mass is 32.2. The third kappa shape index (κ3) is 2.92. The zero-order valence-electron chi connectivity index (χ0n) is 20.7. The normalized spacial score (nSPS) is 20.1. The molecule has 0 nitrogen and oxygen atoms in total. The van der Waals surface area contributed by atoms with Crippen molar-refractivity contribution >= 4 is 17.8 Å². The van der Waals surface area contributed by atoms with Crippen molar-refractivity contribution in [2.45, 2.75) is 34.5 Å². The fraction of sp³-hybridized carbons (Fsp3) is 0.111. The van der Waals surface area contributed by atoms with Gasteiger partial charge in [-0.05, 0) is 87.2 Å². The lowest BCUT2D eigenvalue weighted by atomic mass is 9.74. The minimum absolute atomic E-state index is 0.153. The molecule has 0 aromatic heterocycles. The SMILES string of the molecule is CC1(c2ccccc2)c2ccccc2-c2cc(-c3cccc4c3C3CC=Cc5cccc(c53)S4)ccc21. The standard InChI is InChI=1S/C36H26S/c1-36(25-12-3-2-4-13-25)30-17-6-5-14-27(30)29-22-24(20-21-31(29)36)26-15-9-19-33-35(26)28-16-7-10-23-11-8-18-32(37-33)34(23)28/h2-15,17-22,28H,16H2,1H3. The summed E-state index contributed by atoms with van der Waals surface area (Å²) >= 11 is 1.94. The van der Waals surface area contributed by atoms with E-state index in [-0.39, 0.29) is 5.41 Å². The lowest BCUT2D eigenvalue weighted by Crippen LogP contribution is -2.22. The Morgan fingerprint density at radius 1 is 0.649 bits per heavy atom. The quantitative estimate of drug-likeness (QED) is 0.237. The van der Waals surface area contributed by atoms with Crippen LogP contribution in [0.25, 0.3) is 28.3 Å². The Kier molecular flexibility index (Phi) is 4.51. The average Bonchev–Trinajstić information content (AvgIpc) is 3.22. The highest BCUT2D eigenvalue weighted by Gasteiger charge is 2.41. The Balaban J connectivity index is 1.33. The molecule has 2 atom stereocenters. The Morgan fingerprint density at radius 3 is 2.27 bits per heavy atom. The van der Waals surface area contributed by atoms with Crippen LogP contribution in [0.5, 0.6) is 0 Å². The van der Waals surface area contributed by atoms with Crippen LogP contribution >= 0.6 is 11.8 Å². The van der Waals surface area contributed by atoms with Crippen molar-refractivity contribution in [3.8, 4) is 22.3 Å². The van der Waals surface area contributed by atoms with Crippen LogP contribution in [0.2, 0.25) is 0 Å². The Hall–Kier alpha value is -3.81. The molecule has 0 saturated heterocycles. The molecule has 176 valence electrons. The second kappa shape index (κ2) is 7.84. The molecule has 0 amide bonds. The predicted octanol–water partition coefficient (Wildman–Crippen LogP) is 9.70. The van der Waals surface area contributed by atoms with E-state index in [9.17, 15) is 0 Å². The number of benzene rings is 5. The zero-order chi connectivity index (χ0) is 24.6. The van der Waals surface area contributed by atoms with Gasteiger partial charge in [0.2, 0.25) is 0 Å². The van der Waals surface area contributed by atoms with Gasteiger partial charge in [0, 0.05) is 21.1 Å². The van der Waals surface area contributed by atoms with E-state index in [1.165, 1.54) is 65.4 Å². The molecule has 0 N–H and O–H groups in total. The summed E-state index contributed by atoms with van der Waals surface area (Å²) < 4.78 is 0. The van der Waals surface area contributed by atoms with E-state index in [1.807, 2.05) is 11.8 Å². The monoisotopic (exact) mass is 490 g/mol. The highest BCUT2D eigenvalue weighted by molar-refractivity contribution is 7.99. The molecule has 37 heavy (non-hydrogen) atoms. The van der Waals surface area contributed by atoms with Crippen molar-refractivity contribution in [2.24, 2.45) is 0 Å². The van der Waals surface area contributed by atoms with Gasteiger partial charge >= 0.3 is 0 Å². The summed E-state index contributed by atoms with van der Waals surface area (Å²) in [6, 6.07) is 40.8. The summed E-state index contributed by atoms with van der Waals surface area (Å²) in [5.41, 5.74) is 13.8. The number of hydrogen-bond donors (Lipinski definition) is 0. The van der Waals surface area contributed by atoms with Gasteiger partial charge in [0.15, 0.2) is 0 Å². The van der Waals surface area contributed by atoms with E-state index >= 15 is 0 Å². The van der Waals surface area contributed by atoms with Crippen LogP contribution in [0.1, 0.15) is 52.6 Å². The fourth-order valence-electron chi connectivity index (χ4n) is 6.99. The minimum Gasteiger partial charge on any atom is -0.0894 e. The van der Waals surface area contributed by atoms with Gasteiger partial charge in [0.05, 0.1) is 0 Å². The van der Waals surface area contributed by atoms with Crippen molar-refractivity contribution in [2.75, 3.05) is 0 Å². The Labute approximate surface area is 222 Å². The first-order valence-corrected chi connectivity index (χ1v) is 14.0. The van der Waals surface area contributed by atoms with E-state index in [0.717, 1.165) is 6.42 Å². The molecule has 1 heteroatoms. The second-order valence-electron chi connectivity index (χ2n) is 10.6. The molecule has 0 saturated carbocycles. The van der Waals surface area contributed by atoms with Crippen molar-refractivity contribution in [1.29, 1.82) is 0 Å². The van der Waals surface area contributed by atoms with Crippen molar-refractivity contribution in [3.05, 3.63) is 149 Å². The average molecular weight is 491 g/mol. The largest absolute Gasteiger partial charge is 0.0894 e. The van der Waals surface area contributed by atoms with Crippen LogP contribution in [-0.2, 0) is 5.41 Å². The topological polar surface area (TPSA) is 0 Å². The minimum atomic E-state index is -0.153. The maximum absolute atomic E-state index is 2.46. The maximum atomic E-state index is 2.46. The van der Waals surface area contributed by atoms with Crippen LogP contribution < -0.4 is 0 Å². The first kappa shape index (κ1) is 21.3. The molecule has 8 rings (SSSR count). The summed E-state index contributed by atoms with van der Waals surface area (Å²) in [5, 5.41) is 0. The van der Waals surface area contributed by atoms with Gasteiger partial charge in [-0.25, -0.2) is 0 Å². The molecule has 1 aliphatic heterocycles. The van der Waals surface area contributed by atoms with Crippen molar-refractivity contribution < 1.29 is 0 Å². The van der Waals surface area contributed by atoms with Crippen molar-refractivity contribution in [1.82, 2.24) is 0 Å². The smallest absolute Gasteiger partial charge is 0.0435 e. The van der Waals surface area contributed by atoms with Crippen LogP contribution in [0.15, 0.2) is 125 Å². The van der Waals surface area contributed by atoms with E-state index in [0.29, 0.717) is 5.92 Å². The van der Waals surface area contributed by atoms with Gasteiger partial charge in [-0.2, -0.15) is 0 Å². The van der Waals surface area contributed by atoms with Gasteiger partial charge in [0.1, 0.15) is 0 Å². The third-order valence-corrected chi connectivity index (χ3v) is 9.88. The van der Waals surface area contributed by atoms with Crippen LogP contribution in [0.4, 0.5) is 0 Å². The molecular weight excluding hydrogens is 464 g/mol. The first-order valence-electron chi connectivity index (χ1n) is 13.1. The lowest BCUT2D eigenvalue weighted by Gasteiger charge is -2.33. The highest BCUT2D eigenvalue weighted by Crippen LogP contribution is 2.55. The first-order chi connectivity index (χ1) is 18.2. The van der Waals surface area contributed by atoms with Crippen LogP contribution in [-0.4, -0.2) is 0 Å². The molecule has 2 unspecified atom stereocenters. The zero-order valence-corrected chi connectivity index (χ0v) is 21.6. The van der Waals surface area contributed by atoms with E-state index in [1.54, 1.807) is 0 Å². The van der Waals surface area contributed by atoms with E-state index in [2.05, 4.69) is 128 Å². The van der Waals surface area contributed by atoms with E-state index in [4.69, 9.17) is 0 Å². The van der Waals surface area contributed by atoms with E-state index < -0.39 is 0 Å². The van der Waals surface area contributed by atoms with Gasteiger partial charge in [0.25, 0.3) is 0 Å². The molecule has 3 aliphatic rings. The molecule has 1 heterocycles. The van der Waals surface area contributed by atoms with Gasteiger partial charge in [-0.1, -0.05) is 115 Å². The van der Waals surface area contributed by atoms with Gasteiger partial charge in [-0.3, -0.25) is 0 Å². The number of fused-ring (bicyclic) bond motifs is 5. The van der Waals surface area contributed by atoms with Gasteiger partial charge < -0.3 is 0 Å². The lowest BCUT2D eigenvalue weighted by molar-refractivity contribution is 0.714. The Bertz CT molecular complexity index is 1740. The maximum Gasteiger partial charge on any atom is 0.0435 e. The third-order valence-electron chi connectivity index (χ3n) is 8.73. The summed E-state index contributed by atoms with van der Waals surface area (Å²) in [6.07, 6.45) is 5.73. The molecular formula is C36H26S. The summed E-state index contributed by atoms with van der Waals surface area (Å²) in [6.45, 7) is 2.39. The molecule has 0 radical (unpaired) electrons. The molecule has 2 aliphatic carbocycles. The summed E-state index contributed by atoms with van der Waals surface area (Å²) in [7, 11) is 0. The van der Waals surface area contributed by atoms with Crippen LogP contribution in [0, 0.1) is 0 Å². The van der Waals surface area contributed by atoms with Crippen molar-refractivity contribution in [3.63, 3.8) is 0 Å². The van der Waals surface area contributed by atoms with Gasteiger partial charge in [-0.15, -0.1) is 0 Å². The Morgan fingerprint density at radius 2 is 1.38 bits per heavy atom. The molecule has 5 aromatic carbocycles. The molecule has 0 spiro atoms. The summed E-state index contributed by atoms with van der Waals surface area (Å²) in [5.74, 6) is 0.416. The molecule has 0 fully saturated rings. The molecule has 0 bridgehead atoms. The molecule has 5 aromatic rings. The second-order valence-corrected chi connectivity index (χ2v) is 11.6. The predicted molar refractivity (Wildman–Crippen MR) is 155 cm³/mol.